The van der Waals surface area contributed by atoms with Crippen LogP contribution in [-0.4, -0.2) is 36.6 Å². The van der Waals surface area contributed by atoms with Crippen molar-refractivity contribution < 1.29 is 8.78 Å². The maximum absolute atomic E-state index is 13.6. The van der Waals surface area contributed by atoms with E-state index in [-0.39, 0.29) is 5.56 Å². The fourth-order valence-corrected chi connectivity index (χ4v) is 3.58. The Morgan fingerprint density at radius 1 is 1.32 bits per heavy atom. The summed E-state index contributed by atoms with van der Waals surface area (Å²) >= 11 is 1.97. The van der Waals surface area contributed by atoms with Crippen molar-refractivity contribution in [3.63, 3.8) is 0 Å². The van der Waals surface area contributed by atoms with Gasteiger partial charge in [-0.3, -0.25) is 4.99 Å². The number of rotatable bonds is 6. The lowest BCUT2D eigenvalue weighted by Crippen LogP contribution is -2.38. The summed E-state index contributed by atoms with van der Waals surface area (Å²) in [6.07, 6.45) is 2.77. The Bertz CT molecular complexity index is 482. The molecular weight excluding hydrogens is 304 g/mol. The molecule has 1 aliphatic heterocycles. The molecule has 6 heteroatoms. The fraction of sp³-hybridized carbons (Fsp3) is 0.562. The maximum atomic E-state index is 13.6. The molecule has 1 aliphatic rings. The molecule has 0 amide bonds. The summed E-state index contributed by atoms with van der Waals surface area (Å²) in [7, 11) is 0. The van der Waals surface area contributed by atoms with Crippen molar-refractivity contribution >= 4 is 17.7 Å². The molecule has 22 heavy (non-hydrogen) atoms. The predicted octanol–water partition coefficient (Wildman–Crippen LogP) is 2.96. The van der Waals surface area contributed by atoms with Gasteiger partial charge in [0.25, 0.3) is 0 Å². The van der Waals surface area contributed by atoms with Crippen molar-refractivity contribution in [1.82, 2.24) is 10.6 Å². The Balaban J connectivity index is 1.84. The molecule has 3 nitrogen and oxygen atoms in total. The minimum atomic E-state index is -0.494. The molecule has 0 aliphatic carbocycles. The van der Waals surface area contributed by atoms with Gasteiger partial charge in [-0.15, -0.1) is 0 Å². The van der Waals surface area contributed by atoms with E-state index in [1.165, 1.54) is 36.8 Å². The Hall–Kier alpha value is -1.30. The lowest BCUT2D eigenvalue weighted by molar-refractivity contribution is 0.553. The van der Waals surface area contributed by atoms with Gasteiger partial charge < -0.3 is 10.6 Å². The van der Waals surface area contributed by atoms with Crippen LogP contribution >= 0.6 is 11.8 Å². The zero-order valence-corrected chi connectivity index (χ0v) is 13.7. The van der Waals surface area contributed by atoms with E-state index < -0.39 is 11.6 Å². The van der Waals surface area contributed by atoms with Crippen LogP contribution in [-0.2, 0) is 6.42 Å². The molecule has 1 unspecified atom stereocenters. The summed E-state index contributed by atoms with van der Waals surface area (Å²) in [5.74, 6) is 0.945. The second-order valence-electron chi connectivity index (χ2n) is 5.23. The molecule has 122 valence electrons. The average molecular weight is 327 g/mol. The van der Waals surface area contributed by atoms with Crippen LogP contribution in [0.1, 0.15) is 25.3 Å². The van der Waals surface area contributed by atoms with Crippen LogP contribution in [0.4, 0.5) is 8.78 Å². The molecule has 1 atom stereocenters. The number of nitrogens with one attached hydrogen (secondary N) is 2. The normalized spacial score (nSPS) is 18.5. The minimum Gasteiger partial charge on any atom is -0.357 e. The number of benzene rings is 1. The van der Waals surface area contributed by atoms with Gasteiger partial charge in [0.05, 0.1) is 6.54 Å². The average Bonchev–Trinajstić information content (AvgIpc) is 3.01. The van der Waals surface area contributed by atoms with Gasteiger partial charge in [0.15, 0.2) is 5.96 Å². The number of halogens is 2. The molecule has 0 saturated carbocycles. The highest BCUT2D eigenvalue weighted by Crippen LogP contribution is 2.25. The first-order valence-electron chi connectivity index (χ1n) is 7.77. The summed E-state index contributed by atoms with van der Waals surface area (Å²) in [5, 5.41) is 6.90. The van der Waals surface area contributed by atoms with E-state index in [0.29, 0.717) is 24.2 Å². The van der Waals surface area contributed by atoms with Crippen molar-refractivity contribution in [2.24, 2.45) is 4.99 Å². The Kier molecular flexibility index (Phi) is 6.96. The smallest absolute Gasteiger partial charge is 0.191 e. The van der Waals surface area contributed by atoms with E-state index in [9.17, 15) is 8.78 Å². The fourth-order valence-electron chi connectivity index (χ4n) is 2.40. The van der Waals surface area contributed by atoms with Crippen molar-refractivity contribution in [2.75, 3.05) is 25.4 Å². The predicted molar refractivity (Wildman–Crippen MR) is 89.5 cm³/mol. The van der Waals surface area contributed by atoms with Crippen LogP contribution < -0.4 is 10.6 Å². The molecule has 1 saturated heterocycles. The zero-order chi connectivity index (χ0) is 15.8. The lowest BCUT2D eigenvalue weighted by atomic mass is 10.1. The van der Waals surface area contributed by atoms with Gasteiger partial charge in [-0.05, 0) is 44.1 Å². The third-order valence-electron chi connectivity index (χ3n) is 3.55. The molecule has 1 fully saturated rings. The van der Waals surface area contributed by atoms with Crippen molar-refractivity contribution in [1.29, 1.82) is 0 Å². The zero-order valence-electron chi connectivity index (χ0n) is 12.9. The molecule has 2 N–H and O–H groups in total. The number of nitrogens with zero attached hydrogens (tertiary/aromatic N) is 1. The Labute approximate surface area is 135 Å². The molecule has 2 rings (SSSR count). The van der Waals surface area contributed by atoms with Crippen LogP contribution in [0.3, 0.4) is 0 Å². The van der Waals surface area contributed by atoms with Crippen molar-refractivity contribution in [3.8, 4) is 0 Å². The van der Waals surface area contributed by atoms with Gasteiger partial charge in [0.1, 0.15) is 11.6 Å². The maximum Gasteiger partial charge on any atom is 0.191 e. The molecule has 0 bridgehead atoms. The van der Waals surface area contributed by atoms with Crippen LogP contribution in [0.15, 0.2) is 23.2 Å². The summed E-state index contributed by atoms with van der Waals surface area (Å²) in [6, 6.07) is 3.95. The largest absolute Gasteiger partial charge is 0.357 e. The van der Waals surface area contributed by atoms with Gasteiger partial charge in [-0.1, -0.05) is 6.07 Å². The van der Waals surface area contributed by atoms with Crippen LogP contribution in [0.25, 0.3) is 0 Å². The molecule has 1 heterocycles. The van der Waals surface area contributed by atoms with Crippen molar-refractivity contribution in [2.45, 2.75) is 31.4 Å². The van der Waals surface area contributed by atoms with Gasteiger partial charge in [0, 0.05) is 23.9 Å². The number of thioether (sulfide) groups is 1. The quantitative estimate of drug-likeness (QED) is 0.623. The van der Waals surface area contributed by atoms with Crippen LogP contribution in [0.2, 0.25) is 0 Å². The van der Waals surface area contributed by atoms with E-state index in [1.807, 2.05) is 18.7 Å². The summed E-state index contributed by atoms with van der Waals surface area (Å²) in [4.78, 5) is 4.56. The highest BCUT2D eigenvalue weighted by Gasteiger charge is 2.15. The van der Waals surface area contributed by atoms with E-state index in [0.717, 1.165) is 13.1 Å². The second kappa shape index (κ2) is 8.98. The number of guanidine groups is 1. The molecule has 1 aromatic carbocycles. The van der Waals surface area contributed by atoms with E-state index in [4.69, 9.17) is 0 Å². The molecule has 1 aromatic rings. The summed E-state index contributed by atoms with van der Waals surface area (Å²) < 4.78 is 27.1. The number of hydrogen-bond acceptors (Lipinski definition) is 2. The minimum absolute atomic E-state index is 0.122. The lowest BCUT2D eigenvalue weighted by Gasteiger charge is -2.13. The SMILES string of the molecule is CCNC(=NCC1CCCS1)NCCc1c(F)cccc1F. The number of hydrogen-bond donors (Lipinski definition) is 2. The Morgan fingerprint density at radius 2 is 2.09 bits per heavy atom. The van der Waals surface area contributed by atoms with Gasteiger partial charge >= 0.3 is 0 Å². The van der Waals surface area contributed by atoms with Gasteiger partial charge in [-0.25, -0.2) is 8.78 Å². The second-order valence-corrected chi connectivity index (χ2v) is 6.64. The van der Waals surface area contributed by atoms with Gasteiger partial charge in [0.2, 0.25) is 0 Å². The van der Waals surface area contributed by atoms with E-state index in [1.54, 1.807) is 0 Å². The monoisotopic (exact) mass is 327 g/mol. The van der Waals surface area contributed by atoms with Gasteiger partial charge in [-0.2, -0.15) is 11.8 Å². The molecule has 0 aromatic heterocycles. The van der Waals surface area contributed by atoms with Crippen LogP contribution in [0, 0.1) is 11.6 Å². The van der Waals surface area contributed by atoms with Crippen molar-refractivity contribution in [3.05, 3.63) is 35.4 Å². The number of aliphatic imine (C=N–C) groups is 1. The first-order chi connectivity index (χ1) is 10.7. The molecule has 0 radical (unpaired) electrons. The first-order valence-corrected chi connectivity index (χ1v) is 8.82. The highest BCUT2D eigenvalue weighted by molar-refractivity contribution is 8.00. The topological polar surface area (TPSA) is 36.4 Å². The highest BCUT2D eigenvalue weighted by atomic mass is 32.2. The standard InChI is InChI=1S/C16H23F2N3S/c1-2-19-16(21-11-12-5-4-10-22-12)20-9-8-13-14(17)6-3-7-15(13)18/h3,6-7,12H,2,4-5,8-11H2,1H3,(H2,19,20,21). The van der Waals surface area contributed by atoms with E-state index >= 15 is 0 Å². The van der Waals surface area contributed by atoms with Crippen LogP contribution in [0.5, 0.6) is 0 Å². The molecule has 0 spiro atoms. The summed E-state index contributed by atoms with van der Waals surface area (Å²) in [5.41, 5.74) is 0.122. The third-order valence-corrected chi connectivity index (χ3v) is 4.93. The third kappa shape index (κ3) is 5.16. The first kappa shape index (κ1) is 17.1. The Morgan fingerprint density at radius 3 is 2.73 bits per heavy atom. The van der Waals surface area contributed by atoms with E-state index in [2.05, 4.69) is 15.6 Å². The summed E-state index contributed by atoms with van der Waals surface area (Å²) in [6.45, 7) is 3.99. The molecular formula is C16H23F2N3S.